The molecule has 2 aromatic carbocycles. The number of rotatable bonds is 5. The third kappa shape index (κ3) is 4.29. The molecule has 0 unspecified atom stereocenters. The van der Waals surface area contributed by atoms with Crippen LogP contribution in [0.2, 0.25) is 0 Å². The number of sulfonamides is 1. The number of nitrogens with two attached hydrogens (primary N) is 1. The zero-order valence-electron chi connectivity index (χ0n) is 13.8. The van der Waals surface area contributed by atoms with Gasteiger partial charge in [-0.3, -0.25) is 0 Å². The summed E-state index contributed by atoms with van der Waals surface area (Å²) in [6.07, 6.45) is 0. The summed E-state index contributed by atoms with van der Waals surface area (Å²) in [4.78, 5) is 12.7. The fraction of sp³-hybridized carbons (Fsp3) is 0.235. The summed E-state index contributed by atoms with van der Waals surface area (Å²) in [6, 6.07) is 14.2. The van der Waals surface area contributed by atoms with Gasteiger partial charge in [0.15, 0.2) is 0 Å². The van der Waals surface area contributed by atoms with Gasteiger partial charge in [0, 0.05) is 18.3 Å². The number of carbonyl (C=O) groups is 1. The molecule has 0 aromatic heterocycles. The van der Waals surface area contributed by atoms with E-state index in [4.69, 9.17) is 10.5 Å². The van der Waals surface area contributed by atoms with Crippen LogP contribution in [0.25, 0.3) is 0 Å². The van der Waals surface area contributed by atoms with Crippen LogP contribution in [-0.4, -0.2) is 43.7 Å². The molecule has 3 N–H and O–H groups in total. The van der Waals surface area contributed by atoms with Gasteiger partial charge in [-0.05, 0) is 36.4 Å². The average molecular weight is 393 g/mol. The summed E-state index contributed by atoms with van der Waals surface area (Å²) in [6.45, 7) is 0.493. The van der Waals surface area contributed by atoms with Gasteiger partial charge in [-0.15, -0.1) is 0 Å². The number of nitrogens with one attached hydrogen (secondary N) is 1. The van der Waals surface area contributed by atoms with Crippen molar-refractivity contribution in [2.45, 2.75) is 16.2 Å². The predicted octanol–water partition coefficient (Wildman–Crippen LogP) is 1.82. The topological polar surface area (TPSA) is 102 Å². The van der Waals surface area contributed by atoms with E-state index in [9.17, 15) is 13.2 Å². The van der Waals surface area contributed by atoms with Crippen molar-refractivity contribution in [3.8, 4) is 11.5 Å². The number of hydrogen-bond donors (Lipinski definition) is 3. The van der Waals surface area contributed by atoms with Crippen LogP contribution in [0.5, 0.6) is 11.5 Å². The van der Waals surface area contributed by atoms with E-state index in [-0.39, 0.29) is 16.7 Å². The number of para-hydroxylation sites is 1. The Morgan fingerprint density at radius 1 is 1.08 bits per heavy atom. The second-order valence-electron chi connectivity index (χ2n) is 5.92. The Balaban J connectivity index is 1.69. The molecule has 26 heavy (non-hydrogen) atoms. The van der Waals surface area contributed by atoms with Crippen LogP contribution in [0.15, 0.2) is 59.5 Å². The molecular weight excluding hydrogens is 374 g/mol. The molecule has 0 radical (unpaired) electrons. The fourth-order valence-electron chi connectivity index (χ4n) is 2.66. The number of benzene rings is 2. The number of hydrogen-bond acceptors (Lipinski definition) is 5. The van der Waals surface area contributed by atoms with Gasteiger partial charge in [0.25, 0.3) is 0 Å². The van der Waals surface area contributed by atoms with E-state index in [0.29, 0.717) is 18.0 Å². The summed E-state index contributed by atoms with van der Waals surface area (Å²) in [5.41, 5.74) is 5.24. The number of carbonyl (C=O) groups excluding carboxylic acids is 1. The molecule has 2 aromatic rings. The molecule has 2 amide bonds. The van der Waals surface area contributed by atoms with Crippen molar-refractivity contribution in [3.63, 3.8) is 0 Å². The van der Waals surface area contributed by atoms with Crippen LogP contribution < -0.4 is 15.2 Å². The standard InChI is InChI=1S/C17H19N3O4S2/c18-17(21)20-10-15(16(25)11-20)19-26(22,23)14-8-6-13(7-9-14)24-12-4-2-1-3-5-12/h1-9,15-16,19,25H,10-11H2,(H2,18,21)/t15-,16-/m1/s1. The lowest BCUT2D eigenvalue weighted by atomic mass is 10.3. The molecule has 0 saturated carbocycles. The number of ether oxygens (including phenoxy) is 1. The SMILES string of the molecule is NC(=O)N1C[C@@H](S)[C@H](NS(=O)(=O)c2ccc(Oc3ccccc3)cc2)C1. The normalized spacial score (nSPS) is 20.1. The van der Waals surface area contributed by atoms with E-state index in [1.807, 2.05) is 30.3 Å². The van der Waals surface area contributed by atoms with Crippen molar-refractivity contribution < 1.29 is 17.9 Å². The van der Waals surface area contributed by atoms with Gasteiger partial charge in [0.1, 0.15) is 11.5 Å². The Morgan fingerprint density at radius 3 is 2.27 bits per heavy atom. The molecule has 1 aliphatic heterocycles. The molecule has 1 heterocycles. The monoisotopic (exact) mass is 393 g/mol. The summed E-state index contributed by atoms with van der Waals surface area (Å²) in [7, 11) is -3.75. The van der Waals surface area contributed by atoms with Gasteiger partial charge in [-0.25, -0.2) is 17.9 Å². The highest BCUT2D eigenvalue weighted by molar-refractivity contribution is 7.89. The Hall–Kier alpha value is -2.23. The third-order valence-corrected chi connectivity index (χ3v) is 6.05. The van der Waals surface area contributed by atoms with Crippen LogP contribution in [0.3, 0.4) is 0 Å². The molecule has 138 valence electrons. The molecule has 0 bridgehead atoms. The van der Waals surface area contributed by atoms with Gasteiger partial charge >= 0.3 is 6.03 Å². The summed E-state index contributed by atoms with van der Waals surface area (Å²) in [5, 5.41) is -0.321. The maximum absolute atomic E-state index is 12.6. The first-order valence-corrected chi connectivity index (χ1v) is 9.93. The lowest BCUT2D eigenvalue weighted by Gasteiger charge is -2.16. The van der Waals surface area contributed by atoms with Gasteiger partial charge in [0.2, 0.25) is 10.0 Å². The molecule has 1 aliphatic rings. The van der Waals surface area contributed by atoms with E-state index < -0.39 is 22.1 Å². The minimum Gasteiger partial charge on any atom is -0.457 e. The molecule has 1 fully saturated rings. The molecule has 9 heteroatoms. The fourth-order valence-corrected chi connectivity index (χ4v) is 4.40. The van der Waals surface area contributed by atoms with E-state index in [0.717, 1.165) is 0 Å². The van der Waals surface area contributed by atoms with Crippen molar-refractivity contribution in [1.29, 1.82) is 0 Å². The number of thiol groups is 1. The van der Waals surface area contributed by atoms with Crippen LogP contribution >= 0.6 is 12.6 Å². The lowest BCUT2D eigenvalue weighted by molar-refractivity contribution is 0.218. The van der Waals surface area contributed by atoms with Crippen molar-refractivity contribution in [1.82, 2.24) is 9.62 Å². The molecule has 1 saturated heterocycles. The maximum atomic E-state index is 12.6. The molecule has 3 rings (SSSR count). The Labute approximate surface area is 157 Å². The smallest absolute Gasteiger partial charge is 0.314 e. The van der Waals surface area contributed by atoms with Crippen LogP contribution in [-0.2, 0) is 10.0 Å². The highest BCUT2D eigenvalue weighted by Crippen LogP contribution is 2.23. The highest BCUT2D eigenvalue weighted by Gasteiger charge is 2.35. The van der Waals surface area contributed by atoms with Gasteiger partial charge in [-0.2, -0.15) is 12.6 Å². The Morgan fingerprint density at radius 2 is 1.69 bits per heavy atom. The first-order chi connectivity index (χ1) is 12.3. The van der Waals surface area contributed by atoms with Crippen LogP contribution in [0, 0.1) is 0 Å². The largest absolute Gasteiger partial charge is 0.457 e. The zero-order chi connectivity index (χ0) is 18.7. The van der Waals surface area contributed by atoms with Gasteiger partial charge in [-0.1, -0.05) is 18.2 Å². The molecule has 7 nitrogen and oxygen atoms in total. The second-order valence-corrected chi connectivity index (χ2v) is 8.30. The number of primary amides is 1. The minimum atomic E-state index is -3.75. The van der Waals surface area contributed by atoms with E-state index in [2.05, 4.69) is 17.4 Å². The Kier molecular flexibility index (Phi) is 5.40. The van der Waals surface area contributed by atoms with E-state index in [1.54, 1.807) is 12.1 Å². The molecule has 0 aliphatic carbocycles. The van der Waals surface area contributed by atoms with Crippen LogP contribution in [0.4, 0.5) is 4.79 Å². The van der Waals surface area contributed by atoms with Gasteiger partial charge < -0.3 is 15.4 Å². The van der Waals surface area contributed by atoms with Crippen molar-refractivity contribution in [2.24, 2.45) is 5.73 Å². The van der Waals surface area contributed by atoms with E-state index >= 15 is 0 Å². The third-order valence-electron chi connectivity index (χ3n) is 4.02. The lowest BCUT2D eigenvalue weighted by Crippen LogP contribution is -2.42. The number of urea groups is 1. The summed E-state index contributed by atoms with van der Waals surface area (Å²) >= 11 is 4.34. The van der Waals surface area contributed by atoms with Gasteiger partial charge in [0.05, 0.1) is 10.9 Å². The van der Waals surface area contributed by atoms with Crippen molar-refractivity contribution >= 4 is 28.7 Å². The molecule has 0 spiro atoms. The Bertz CT molecular complexity index is 873. The quantitative estimate of drug-likeness (QED) is 0.675. The molecule has 2 atom stereocenters. The number of likely N-dealkylation sites (tertiary alicyclic amines) is 1. The summed E-state index contributed by atoms with van der Waals surface area (Å²) < 4.78 is 33.4. The molecular formula is C17H19N3O4S2. The first-order valence-electron chi connectivity index (χ1n) is 7.93. The van der Waals surface area contributed by atoms with E-state index in [1.165, 1.54) is 17.0 Å². The van der Waals surface area contributed by atoms with Crippen molar-refractivity contribution in [2.75, 3.05) is 13.1 Å². The van der Waals surface area contributed by atoms with Crippen LogP contribution in [0.1, 0.15) is 0 Å². The number of nitrogens with zero attached hydrogens (tertiary/aromatic N) is 1. The number of amides is 2. The second kappa shape index (κ2) is 7.56. The predicted molar refractivity (Wildman–Crippen MR) is 101 cm³/mol. The minimum absolute atomic E-state index is 0.107. The maximum Gasteiger partial charge on any atom is 0.314 e. The summed E-state index contributed by atoms with van der Waals surface area (Å²) in [5.74, 6) is 1.19. The highest BCUT2D eigenvalue weighted by atomic mass is 32.2. The zero-order valence-corrected chi connectivity index (χ0v) is 15.5. The first kappa shape index (κ1) is 18.6. The van der Waals surface area contributed by atoms with Crippen molar-refractivity contribution in [3.05, 3.63) is 54.6 Å². The average Bonchev–Trinajstić information content (AvgIpc) is 2.97.